The normalized spacial score (nSPS) is 12.3. The number of rotatable bonds is 8. The molecule has 0 heterocycles. The van der Waals surface area contributed by atoms with Crippen molar-refractivity contribution >= 4 is 5.69 Å². The minimum Gasteiger partial charge on any atom is -0.399 e. The molecule has 104 valence electrons. The Bertz CT molecular complexity index is 417. The van der Waals surface area contributed by atoms with E-state index in [0.717, 1.165) is 5.56 Å². The van der Waals surface area contributed by atoms with E-state index in [4.69, 9.17) is 15.7 Å². The first kappa shape index (κ1) is 15.4. The molecule has 1 atom stereocenters. The molecule has 0 saturated carbocycles. The quantitative estimate of drug-likeness (QED) is 0.688. The SMILES string of the molecule is COCCN(CCC#N)CC(O)c1cccc(N)c1. The number of ether oxygens (including phenoxy) is 1. The van der Waals surface area contributed by atoms with Gasteiger partial charge in [-0.05, 0) is 17.7 Å². The fourth-order valence-electron chi connectivity index (χ4n) is 1.84. The van der Waals surface area contributed by atoms with Crippen molar-refractivity contribution in [3.05, 3.63) is 29.8 Å². The highest BCUT2D eigenvalue weighted by Gasteiger charge is 2.13. The third kappa shape index (κ3) is 5.71. The van der Waals surface area contributed by atoms with Gasteiger partial charge in [-0.2, -0.15) is 5.26 Å². The number of nitrogen functional groups attached to an aromatic ring is 1. The van der Waals surface area contributed by atoms with Crippen molar-refractivity contribution in [1.82, 2.24) is 4.90 Å². The molecule has 0 saturated heterocycles. The van der Waals surface area contributed by atoms with E-state index in [1.54, 1.807) is 19.2 Å². The smallest absolute Gasteiger partial charge is 0.0917 e. The first-order chi connectivity index (χ1) is 9.17. The van der Waals surface area contributed by atoms with Crippen LogP contribution in [-0.4, -0.2) is 43.4 Å². The fourth-order valence-corrected chi connectivity index (χ4v) is 1.84. The van der Waals surface area contributed by atoms with Gasteiger partial charge in [0.05, 0.1) is 18.8 Å². The van der Waals surface area contributed by atoms with Gasteiger partial charge in [-0.25, -0.2) is 0 Å². The number of aliphatic hydroxyl groups excluding tert-OH is 1. The van der Waals surface area contributed by atoms with Crippen molar-refractivity contribution in [1.29, 1.82) is 5.26 Å². The Balaban J connectivity index is 2.59. The zero-order chi connectivity index (χ0) is 14.1. The second kappa shape index (κ2) is 8.48. The highest BCUT2D eigenvalue weighted by Crippen LogP contribution is 2.17. The molecule has 1 rings (SSSR count). The lowest BCUT2D eigenvalue weighted by atomic mass is 10.1. The average molecular weight is 263 g/mol. The summed E-state index contributed by atoms with van der Waals surface area (Å²) in [6, 6.07) is 9.34. The van der Waals surface area contributed by atoms with Crippen LogP contribution in [0, 0.1) is 11.3 Å². The topological polar surface area (TPSA) is 82.5 Å². The van der Waals surface area contributed by atoms with Gasteiger partial charge >= 0.3 is 0 Å². The van der Waals surface area contributed by atoms with E-state index in [-0.39, 0.29) is 0 Å². The number of anilines is 1. The summed E-state index contributed by atoms with van der Waals surface area (Å²) < 4.78 is 5.03. The van der Waals surface area contributed by atoms with Crippen LogP contribution in [0.4, 0.5) is 5.69 Å². The first-order valence-electron chi connectivity index (χ1n) is 6.29. The third-order valence-corrected chi connectivity index (χ3v) is 2.88. The van der Waals surface area contributed by atoms with E-state index in [1.807, 2.05) is 17.0 Å². The van der Waals surface area contributed by atoms with E-state index in [0.29, 0.717) is 38.3 Å². The summed E-state index contributed by atoms with van der Waals surface area (Å²) in [5.41, 5.74) is 7.13. The second-order valence-corrected chi connectivity index (χ2v) is 4.39. The average Bonchev–Trinajstić information content (AvgIpc) is 2.41. The predicted octanol–water partition coefficient (Wildman–Crippen LogP) is 1.16. The molecular formula is C14H21N3O2. The zero-order valence-electron chi connectivity index (χ0n) is 11.2. The number of hydrogen-bond donors (Lipinski definition) is 2. The van der Waals surface area contributed by atoms with Crippen LogP contribution in [0.3, 0.4) is 0 Å². The molecule has 19 heavy (non-hydrogen) atoms. The minimum absolute atomic E-state index is 0.438. The lowest BCUT2D eigenvalue weighted by molar-refractivity contribution is 0.0902. The first-order valence-corrected chi connectivity index (χ1v) is 6.29. The van der Waals surface area contributed by atoms with Crippen molar-refractivity contribution in [2.24, 2.45) is 0 Å². The predicted molar refractivity (Wildman–Crippen MR) is 74.4 cm³/mol. The van der Waals surface area contributed by atoms with E-state index >= 15 is 0 Å². The number of hydrogen-bond acceptors (Lipinski definition) is 5. The molecule has 3 N–H and O–H groups in total. The lowest BCUT2D eigenvalue weighted by Crippen LogP contribution is -2.32. The molecule has 5 heteroatoms. The lowest BCUT2D eigenvalue weighted by Gasteiger charge is -2.24. The van der Waals surface area contributed by atoms with Crippen molar-refractivity contribution in [2.45, 2.75) is 12.5 Å². The molecule has 0 fully saturated rings. The van der Waals surface area contributed by atoms with Gasteiger partial charge in [-0.1, -0.05) is 12.1 Å². The molecule has 1 aromatic rings. The van der Waals surface area contributed by atoms with Crippen LogP contribution in [0.15, 0.2) is 24.3 Å². The highest BCUT2D eigenvalue weighted by molar-refractivity contribution is 5.41. The van der Waals surface area contributed by atoms with Gasteiger partial charge in [0.2, 0.25) is 0 Å². The number of benzene rings is 1. The standard InChI is InChI=1S/C14H21N3O2/c1-19-9-8-17(7-3-6-15)11-14(18)12-4-2-5-13(16)10-12/h2,4-5,10,14,18H,3,7-9,11,16H2,1H3. The Morgan fingerprint density at radius 3 is 2.89 bits per heavy atom. The molecule has 1 aromatic carbocycles. The molecule has 0 aromatic heterocycles. The van der Waals surface area contributed by atoms with Crippen molar-refractivity contribution in [3.63, 3.8) is 0 Å². The number of nitriles is 1. The molecule has 0 aliphatic heterocycles. The zero-order valence-corrected chi connectivity index (χ0v) is 11.2. The van der Waals surface area contributed by atoms with Crippen molar-refractivity contribution in [2.75, 3.05) is 39.1 Å². The Hall–Kier alpha value is -1.61. The van der Waals surface area contributed by atoms with Gasteiger partial charge in [-0.15, -0.1) is 0 Å². The summed E-state index contributed by atoms with van der Waals surface area (Å²) in [7, 11) is 1.64. The Morgan fingerprint density at radius 1 is 1.47 bits per heavy atom. The van der Waals surface area contributed by atoms with E-state index in [9.17, 15) is 5.11 Å². The number of methoxy groups -OCH3 is 1. The number of nitrogens with zero attached hydrogens (tertiary/aromatic N) is 2. The summed E-state index contributed by atoms with van der Waals surface area (Å²) in [6.07, 6.45) is -0.174. The Labute approximate surface area is 114 Å². The Morgan fingerprint density at radius 2 is 2.26 bits per heavy atom. The summed E-state index contributed by atoms with van der Waals surface area (Å²) in [5, 5.41) is 18.8. The maximum Gasteiger partial charge on any atom is 0.0917 e. The maximum absolute atomic E-state index is 10.2. The van der Waals surface area contributed by atoms with Crippen molar-refractivity contribution in [3.8, 4) is 6.07 Å². The molecule has 0 spiro atoms. The van der Waals surface area contributed by atoms with Crippen LogP contribution in [0.25, 0.3) is 0 Å². The maximum atomic E-state index is 10.2. The van der Waals surface area contributed by atoms with Crippen LogP contribution in [0.2, 0.25) is 0 Å². The second-order valence-electron chi connectivity index (χ2n) is 4.39. The van der Waals surface area contributed by atoms with Gasteiger partial charge in [-0.3, -0.25) is 4.90 Å². The molecule has 0 aliphatic carbocycles. The highest BCUT2D eigenvalue weighted by atomic mass is 16.5. The molecule has 0 radical (unpaired) electrons. The van der Waals surface area contributed by atoms with Crippen LogP contribution in [0.1, 0.15) is 18.1 Å². The number of aliphatic hydroxyl groups is 1. The van der Waals surface area contributed by atoms with Crippen LogP contribution in [0.5, 0.6) is 0 Å². The van der Waals surface area contributed by atoms with Gasteiger partial charge < -0.3 is 15.6 Å². The van der Waals surface area contributed by atoms with Crippen LogP contribution >= 0.6 is 0 Å². The van der Waals surface area contributed by atoms with Crippen molar-refractivity contribution < 1.29 is 9.84 Å². The third-order valence-electron chi connectivity index (χ3n) is 2.88. The molecule has 5 nitrogen and oxygen atoms in total. The molecule has 0 bridgehead atoms. The van der Waals surface area contributed by atoms with E-state index in [2.05, 4.69) is 6.07 Å². The summed E-state index contributed by atoms with van der Waals surface area (Å²) in [4.78, 5) is 2.01. The molecule has 1 unspecified atom stereocenters. The number of nitrogens with two attached hydrogens (primary N) is 1. The van der Waals surface area contributed by atoms with Crippen LogP contribution < -0.4 is 5.73 Å². The molecular weight excluding hydrogens is 242 g/mol. The Kier molecular flexibility index (Phi) is 6.90. The van der Waals surface area contributed by atoms with E-state index in [1.165, 1.54) is 0 Å². The van der Waals surface area contributed by atoms with Gasteiger partial charge in [0, 0.05) is 38.9 Å². The largest absolute Gasteiger partial charge is 0.399 e. The van der Waals surface area contributed by atoms with Gasteiger partial charge in [0.15, 0.2) is 0 Å². The van der Waals surface area contributed by atoms with E-state index < -0.39 is 6.10 Å². The van der Waals surface area contributed by atoms with Crippen LogP contribution in [-0.2, 0) is 4.74 Å². The van der Waals surface area contributed by atoms with Gasteiger partial charge in [0.1, 0.15) is 0 Å². The fraction of sp³-hybridized carbons (Fsp3) is 0.500. The summed E-state index contributed by atoms with van der Waals surface area (Å²) in [5.74, 6) is 0. The summed E-state index contributed by atoms with van der Waals surface area (Å²) >= 11 is 0. The molecule has 0 amide bonds. The minimum atomic E-state index is -0.612. The monoisotopic (exact) mass is 263 g/mol. The molecule has 0 aliphatic rings. The summed E-state index contributed by atoms with van der Waals surface area (Å²) in [6.45, 7) is 2.36. The van der Waals surface area contributed by atoms with Gasteiger partial charge in [0.25, 0.3) is 0 Å².